The van der Waals surface area contributed by atoms with Gasteiger partial charge in [0.05, 0.1) is 9.77 Å². The fourth-order valence-corrected chi connectivity index (χ4v) is 5.57. The van der Waals surface area contributed by atoms with Crippen LogP contribution >= 0.6 is 11.3 Å². The van der Waals surface area contributed by atoms with Crippen LogP contribution in [0.5, 0.6) is 0 Å². The molecule has 0 bridgehead atoms. The molecule has 0 atom stereocenters. The molecular weight excluding hydrogens is 432 g/mol. The summed E-state index contributed by atoms with van der Waals surface area (Å²) in [4.78, 5) is 30.5. The molecular formula is C23H14N2O4S2. The first kappa shape index (κ1) is 19.3. The maximum atomic E-state index is 12.9. The molecule has 1 aliphatic carbocycles. The van der Waals surface area contributed by atoms with Crippen molar-refractivity contribution in [3.05, 3.63) is 101 Å². The summed E-state index contributed by atoms with van der Waals surface area (Å²) in [6.07, 6.45) is 1.60. The Morgan fingerprint density at radius 1 is 0.742 bits per heavy atom. The molecule has 0 amide bonds. The lowest BCUT2D eigenvalue weighted by Crippen LogP contribution is -2.22. The first-order valence-electron chi connectivity index (χ1n) is 9.30. The molecule has 31 heavy (non-hydrogen) atoms. The van der Waals surface area contributed by atoms with Crippen molar-refractivity contribution in [2.75, 3.05) is 4.72 Å². The Labute approximate surface area is 182 Å². The van der Waals surface area contributed by atoms with Crippen molar-refractivity contribution >= 4 is 38.1 Å². The smallest absolute Gasteiger partial charge is 0.263 e. The van der Waals surface area contributed by atoms with E-state index in [-0.39, 0.29) is 38.3 Å². The Morgan fingerprint density at radius 3 is 2.06 bits per heavy atom. The minimum absolute atomic E-state index is 0.0793. The molecule has 5 rings (SSSR count). The predicted molar refractivity (Wildman–Crippen MR) is 118 cm³/mol. The van der Waals surface area contributed by atoms with Gasteiger partial charge in [0, 0.05) is 28.5 Å². The van der Waals surface area contributed by atoms with Gasteiger partial charge in [0.1, 0.15) is 0 Å². The van der Waals surface area contributed by atoms with Gasteiger partial charge in [-0.15, -0.1) is 0 Å². The van der Waals surface area contributed by atoms with Crippen LogP contribution < -0.4 is 4.72 Å². The minimum atomic E-state index is -4.00. The van der Waals surface area contributed by atoms with Crippen molar-refractivity contribution in [3.63, 3.8) is 0 Å². The maximum Gasteiger partial charge on any atom is 0.263 e. The van der Waals surface area contributed by atoms with E-state index in [9.17, 15) is 18.0 Å². The summed E-state index contributed by atoms with van der Waals surface area (Å²) in [5, 5.41) is 0.212. The number of hydrogen-bond acceptors (Lipinski definition) is 6. The average Bonchev–Trinajstić information content (AvgIpc) is 3.25. The molecule has 4 aromatic rings. The highest BCUT2D eigenvalue weighted by atomic mass is 32.2. The van der Waals surface area contributed by atoms with Crippen molar-refractivity contribution in [1.29, 1.82) is 0 Å². The van der Waals surface area contributed by atoms with Gasteiger partial charge >= 0.3 is 0 Å². The van der Waals surface area contributed by atoms with Crippen LogP contribution in [-0.4, -0.2) is 25.0 Å². The van der Waals surface area contributed by atoms with E-state index >= 15 is 0 Å². The second-order valence-electron chi connectivity index (χ2n) is 6.91. The van der Waals surface area contributed by atoms with Gasteiger partial charge in [0.15, 0.2) is 16.7 Å². The highest BCUT2D eigenvalue weighted by Gasteiger charge is 2.31. The van der Waals surface area contributed by atoms with Crippen molar-refractivity contribution in [2.24, 2.45) is 0 Å². The standard InChI is InChI=1S/C23H14N2O4S2/c26-21-16-8-4-5-9-17(16)22(27)19-12-15(10-11-18(19)21)31(28,29)25-23-24-13-20(30-23)14-6-2-1-3-7-14/h1-13H,(H,24,25). The van der Waals surface area contributed by atoms with Gasteiger partial charge in [-0.05, 0) is 23.8 Å². The SMILES string of the molecule is O=C1c2ccccc2C(=O)c2cc(S(=O)(=O)Nc3ncc(-c4ccccc4)s3)ccc21. The zero-order valence-electron chi connectivity index (χ0n) is 15.9. The summed E-state index contributed by atoms with van der Waals surface area (Å²) in [6, 6.07) is 20.0. The summed E-state index contributed by atoms with van der Waals surface area (Å²) in [6.45, 7) is 0. The van der Waals surface area contributed by atoms with Crippen LogP contribution in [0, 0.1) is 0 Å². The Hall–Kier alpha value is -3.62. The fraction of sp³-hybridized carbons (Fsp3) is 0. The van der Waals surface area contributed by atoms with Crippen LogP contribution in [0.15, 0.2) is 83.9 Å². The van der Waals surface area contributed by atoms with Gasteiger partial charge in [-0.25, -0.2) is 13.4 Å². The van der Waals surface area contributed by atoms with E-state index < -0.39 is 10.0 Å². The molecule has 0 aliphatic heterocycles. The second kappa shape index (κ2) is 7.26. The lowest BCUT2D eigenvalue weighted by Gasteiger charge is -2.18. The Bertz CT molecular complexity index is 1460. The summed E-state index contributed by atoms with van der Waals surface area (Å²) >= 11 is 1.21. The predicted octanol–water partition coefficient (Wildman–Crippen LogP) is 4.39. The van der Waals surface area contributed by atoms with E-state index in [0.29, 0.717) is 5.56 Å². The number of hydrogen-bond donors (Lipinski definition) is 1. The van der Waals surface area contributed by atoms with Gasteiger partial charge in [0.2, 0.25) is 0 Å². The number of rotatable bonds is 4. The van der Waals surface area contributed by atoms with E-state index in [1.165, 1.54) is 29.5 Å². The number of ketones is 2. The largest absolute Gasteiger partial charge is 0.289 e. The van der Waals surface area contributed by atoms with Crippen molar-refractivity contribution < 1.29 is 18.0 Å². The van der Waals surface area contributed by atoms with E-state index in [1.807, 2.05) is 30.3 Å². The Balaban J connectivity index is 1.48. The van der Waals surface area contributed by atoms with Crippen LogP contribution in [0.3, 0.4) is 0 Å². The normalized spacial score (nSPS) is 12.9. The van der Waals surface area contributed by atoms with Gasteiger partial charge < -0.3 is 0 Å². The number of fused-ring (bicyclic) bond motifs is 2. The van der Waals surface area contributed by atoms with Crippen LogP contribution in [0.25, 0.3) is 10.4 Å². The van der Waals surface area contributed by atoms with Crippen LogP contribution in [0.2, 0.25) is 0 Å². The van der Waals surface area contributed by atoms with E-state index in [0.717, 1.165) is 10.4 Å². The third kappa shape index (κ3) is 3.35. The summed E-state index contributed by atoms with van der Waals surface area (Å²) in [7, 11) is -4.00. The molecule has 1 heterocycles. The molecule has 8 heteroatoms. The molecule has 1 aliphatic rings. The van der Waals surface area contributed by atoms with Gasteiger partial charge in [0.25, 0.3) is 10.0 Å². The minimum Gasteiger partial charge on any atom is -0.289 e. The average molecular weight is 447 g/mol. The van der Waals surface area contributed by atoms with Crippen LogP contribution in [0.4, 0.5) is 5.13 Å². The third-order valence-corrected chi connectivity index (χ3v) is 7.42. The van der Waals surface area contributed by atoms with Crippen LogP contribution in [-0.2, 0) is 10.0 Å². The Morgan fingerprint density at radius 2 is 1.35 bits per heavy atom. The van der Waals surface area contributed by atoms with Crippen molar-refractivity contribution in [2.45, 2.75) is 4.90 Å². The van der Waals surface area contributed by atoms with Crippen LogP contribution in [0.1, 0.15) is 31.8 Å². The lowest BCUT2D eigenvalue weighted by atomic mass is 9.84. The Kier molecular flexibility index (Phi) is 4.53. The number of benzene rings is 3. The molecule has 3 aromatic carbocycles. The number of anilines is 1. The number of carbonyl (C=O) groups excluding carboxylic acids is 2. The number of nitrogens with zero attached hydrogens (tertiary/aromatic N) is 1. The number of aromatic nitrogens is 1. The van der Waals surface area contributed by atoms with Gasteiger partial charge in [-0.1, -0.05) is 65.9 Å². The third-order valence-electron chi connectivity index (χ3n) is 4.99. The molecule has 6 nitrogen and oxygen atoms in total. The lowest BCUT2D eigenvalue weighted by molar-refractivity contribution is 0.0979. The second-order valence-corrected chi connectivity index (χ2v) is 9.63. The number of carbonyl (C=O) groups is 2. The summed E-state index contributed by atoms with van der Waals surface area (Å²) in [5.41, 5.74) is 1.81. The van der Waals surface area contributed by atoms with E-state index in [4.69, 9.17) is 0 Å². The topological polar surface area (TPSA) is 93.2 Å². The summed E-state index contributed by atoms with van der Waals surface area (Å²) < 4.78 is 28.3. The van der Waals surface area contributed by atoms with E-state index in [1.54, 1.807) is 30.5 Å². The maximum absolute atomic E-state index is 12.9. The highest BCUT2D eigenvalue weighted by molar-refractivity contribution is 7.93. The first-order chi connectivity index (χ1) is 14.9. The molecule has 152 valence electrons. The molecule has 0 saturated heterocycles. The number of nitrogens with one attached hydrogen (secondary N) is 1. The molecule has 1 N–H and O–H groups in total. The summed E-state index contributed by atoms with van der Waals surface area (Å²) in [5.74, 6) is -0.669. The van der Waals surface area contributed by atoms with Crippen molar-refractivity contribution in [1.82, 2.24) is 4.98 Å². The molecule has 1 aromatic heterocycles. The number of sulfonamides is 1. The monoisotopic (exact) mass is 446 g/mol. The first-order valence-corrected chi connectivity index (χ1v) is 11.6. The molecule has 0 unspecified atom stereocenters. The van der Waals surface area contributed by atoms with Gasteiger partial charge in [-0.3, -0.25) is 14.3 Å². The van der Waals surface area contributed by atoms with E-state index in [2.05, 4.69) is 9.71 Å². The number of thiazole rings is 1. The highest BCUT2D eigenvalue weighted by Crippen LogP contribution is 2.32. The van der Waals surface area contributed by atoms with Crippen molar-refractivity contribution in [3.8, 4) is 10.4 Å². The zero-order valence-corrected chi connectivity index (χ0v) is 17.5. The molecule has 0 saturated carbocycles. The zero-order chi connectivity index (χ0) is 21.6. The quantitative estimate of drug-likeness (QED) is 0.442. The van der Waals surface area contributed by atoms with Gasteiger partial charge in [-0.2, -0.15) is 0 Å². The molecule has 0 spiro atoms. The fourth-order valence-electron chi connectivity index (χ4n) is 3.48. The molecule has 0 radical (unpaired) electrons. The molecule has 0 fully saturated rings.